The highest BCUT2D eigenvalue weighted by atomic mass is 15.2. The Balaban J connectivity index is 2.04. The highest BCUT2D eigenvalue weighted by Gasteiger charge is 2.35. The van der Waals surface area contributed by atoms with Crippen LogP contribution in [0.5, 0.6) is 0 Å². The Hall–Kier alpha value is -1.58. The van der Waals surface area contributed by atoms with Gasteiger partial charge in [0, 0.05) is 18.3 Å². The molecule has 1 aliphatic heterocycles. The first-order valence-electron chi connectivity index (χ1n) is 8.17. The molecule has 2 heterocycles. The number of aromatic nitrogens is 1. The molecule has 1 aromatic rings. The maximum Gasteiger partial charge on any atom is 0.140 e. The van der Waals surface area contributed by atoms with Crippen LogP contribution in [0.25, 0.3) is 0 Å². The summed E-state index contributed by atoms with van der Waals surface area (Å²) in [5.74, 6) is 1.90. The number of fused-ring (bicyclic) bond motifs is 1. The number of amidine groups is 1. The summed E-state index contributed by atoms with van der Waals surface area (Å²) in [6.07, 6.45) is 7.87. The molecule has 114 valence electrons. The second-order valence-corrected chi connectivity index (χ2v) is 6.64. The van der Waals surface area contributed by atoms with E-state index in [4.69, 9.17) is 16.1 Å². The lowest BCUT2D eigenvalue weighted by Crippen LogP contribution is -2.48. The molecule has 3 rings (SSSR count). The molecule has 3 N–H and O–H groups in total. The van der Waals surface area contributed by atoms with Gasteiger partial charge in [-0.2, -0.15) is 0 Å². The molecule has 0 bridgehead atoms. The van der Waals surface area contributed by atoms with Crippen molar-refractivity contribution in [2.24, 2.45) is 11.7 Å². The van der Waals surface area contributed by atoms with Gasteiger partial charge in [0.1, 0.15) is 11.7 Å². The third-order valence-corrected chi connectivity index (χ3v) is 5.11. The molecule has 4 nitrogen and oxygen atoms in total. The van der Waals surface area contributed by atoms with Crippen molar-refractivity contribution in [2.45, 2.75) is 58.4 Å². The number of rotatable bonds is 2. The van der Waals surface area contributed by atoms with Gasteiger partial charge in [-0.15, -0.1) is 0 Å². The molecule has 0 aromatic carbocycles. The highest BCUT2D eigenvalue weighted by molar-refractivity contribution is 6.01. The molecule has 21 heavy (non-hydrogen) atoms. The summed E-state index contributed by atoms with van der Waals surface area (Å²) in [6, 6.07) is 2.63. The molecule has 0 amide bonds. The fraction of sp³-hybridized carbons (Fsp3) is 0.647. The first kappa shape index (κ1) is 14.4. The SMILES string of the molecule is Cc1cc(C)c(C(=N)N)c(N2CCC[C@H]3CCCC[C@H]32)n1. The third kappa shape index (κ3) is 2.63. The van der Waals surface area contributed by atoms with Crippen molar-refractivity contribution in [3.05, 3.63) is 22.9 Å². The maximum atomic E-state index is 7.95. The van der Waals surface area contributed by atoms with Crippen LogP contribution in [0.1, 0.15) is 55.3 Å². The minimum Gasteiger partial charge on any atom is -0.384 e. The second kappa shape index (κ2) is 5.66. The van der Waals surface area contributed by atoms with Gasteiger partial charge in [0.25, 0.3) is 0 Å². The summed E-state index contributed by atoms with van der Waals surface area (Å²) in [4.78, 5) is 7.24. The van der Waals surface area contributed by atoms with Gasteiger partial charge in [-0.25, -0.2) is 4.98 Å². The first-order valence-corrected chi connectivity index (χ1v) is 8.17. The Kier molecular flexibility index (Phi) is 3.87. The van der Waals surface area contributed by atoms with Gasteiger partial charge in [-0.05, 0) is 57.1 Å². The van der Waals surface area contributed by atoms with Crippen molar-refractivity contribution in [3.8, 4) is 0 Å². The molecule has 2 fully saturated rings. The van der Waals surface area contributed by atoms with E-state index in [9.17, 15) is 0 Å². The summed E-state index contributed by atoms with van der Waals surface area (Å²) in [5, 5.41) is 7.95. The lowest BCUT2D eigenvalue weighted by molar-refractivity contribution is 0.242. The molecule has 4 heteroatoms. The van der Waals surface area contributed by atoms with Crippen molar-refractivity contribution in [1.82, 2.24) is 4.98 Å². The van der Waals surface area contributed by atoms with Crippen molar-refractivity contribution in [2.75, 3.05) is 11.4 Å². The molecule has 2 atom stereocenters. The maximum absolute atomic E-state index is 7.95. The number of pyridine rings is 1. The van der Waals surface area contributed by atoms with Gasteiger partial charge in [0.15, 0.2) is 0 Å². The van der Waals surface area contributed by atoms with E-state index in [2.05, 4.69) is 4.90 Å². The Labute approximate surface area is 127 Å². The van der Waals surface area contributed by atoms with E-state index < -0.39 is 0 Å². The van der Waals surface area contributed by atoms with E-state index >= 15 is 0 Å². The first-order chi connectivity index (χ1) is 10.1. The van der Waals surface area contributed by atoms with Gasteiger partial charge in [-0.3, -0.25) is 5.41 Å². The summed E-state index contributed by atoms with van der Waals surface area (Å²) in [5.41, 5.74) is 8.79. The monoisotopic (exact) mass is 286 g/mol. The van der Waals surface area contributed by atoms with E-state index in [1.165, 1.54) is 38.5 Å². The van der Waals surface area contributed by atoms with E-state index in [1.807, 2.05) is 19.9 Å². The zero-order chi connectivity index (χ0) is 15.0. The van der Waals surface area contributed by atoms with Crippen LogP contribution in [-0.2, 0) is 0 Å². The van der Waals surface area contributed by atoms with Gasteiger partial charge in [-0.1, -0.05) is 12.8 Å². The van der Waals surface area contributed by atoms with E-state index in [-0.39, 0.29) is 5.84 Å². The Morgan fingerprint density at radius 1 is 1.24 bits per heavy atom. The van der Waals surface area contributed by atoms with Crippen LogP contribution in [0.15, 0.2) is 6.07 Å². The van der Waals surface area contributed by atoms with Crippen LogP contribution < -0.4 is 10.6 Å². The molecule has 1 saturated heterocycles. The van der Waals surface area contributed by atoms with Crippen LogP contribution >= 0.6 is 0 Å². The summed E-state index contributed by atoms with van der Waals surface area (Å²) >= 11 is 0. The van der Waals surface area contributed by atoms with Gasteiger partial charge in [0.05, 0.1) is 5.56 Å². The van der Waals surface area contributed by atoms with Gasteiger partial charge >= 0.3 is 0 Å². The number of nitrogens with one attached hydrogen (secondary N) is 1. The zero-order valence-electron chi connectivity index (χ0n) is 13.2. The van der Waals surface area contributed by atoms with Crippen LogP contribution in [0.2, 0.25) is 0 Å². The average molecular weight is 286 g/mol. The minimum absolute atomic E-state index is 0.146. The number of nitrogen functional groups attached to an aromatic ring is 1. The smallest absolute Gasteiger partial charge is 0.140 e. The van der Waals surface area contributed by atoms with Gasteiger partial charge in [0.2, 0.25) is 0 Å². The predicted molar refractivity (Wildman–Crippen MR) is 87.1 cm³/mol. The molecule has 0 radical (unpaired) electrons. The zero-order valence-corrected chi connectivity index (χ0v) is 13.2. The van der Waals surface area contributed by atoms with Crippen LogP contribution in [0, 0.1) is 25.2 Å². The largest absolute Gasteiger partial charge is 0.384 e. The Morgan fingerprint density at radius 3 is 2.71 bits per heavy atom. The third-order valence-electron chi connectivity index (χ3n) is 5.11. The summed E-state index contributed by atoms with van der Waals surface area (Å²) in [6.45, 7) is 5.12. The molecule has 0 unspecified atom stereocenters. The fourth-order valence-corrected chi connectivity index (χ4v) is 4.25. The van der Waals surface area contributed by atoms with Crippen molar-refractivity contribution < 1.29 is 0 Å². The van der Waals surface area contributed by atoms with Crippen molar-refractivity contribution in [3.63, 3.8) is 0 Å². The van der Waals surface area contributed by atoms with Crippen LogP contribution in [0.3, 0.4) is 0 Å². The molecule has 1 aliphatic carbocycles. The van der Waals surface area contributed by atoms with Crippen molar-refractivity contribution in [1.29, 1.82) is 5.41 Å². The predicted octanol–water partition coefficient (Wildman–Crippen LogP) is 3.14. The lowest BCUT2D eigenvalue weighted by atomic mass is 9.78. The quantitative estimate of drug-likeness (QED) is 0.648. The number of nitrogens with zero attached hydrogens (tertiary/aromatic N) is 2. The van der Waals surface area contributed by atoms with E-state index in [1.54, 1.807) is 0 Å². The average Bonchev–Trinajstić information content (AvgIpc) is 2.45. The second-order valence-electron chi connectivity index (χ2n) is 6.64. The summed E-state index contributed by atoms with van der Waals surface area (Å²) < 4.78 is 0. The number of hydrogen-bond donors (Lipinski definition) is 2. The normalized spacial score (nSPS) is 25.5. The van der Waals surface area contributed by atoms with E-state index in [0.29, 0.717) is 6.04 Å². The number of aryl methyl sites for hydroxylation is 2. The number of piperidine rings is 1. The van der Waals surface area contributed by atoms with Gasteiger partial charge < -0.3 is 10.6 Å². The number of nitrogens with two attached hydrogens (primary N) is 1. The Morgan fingerprint density at radius 2 is 1.95 bits per heavy atom. The molecular weight excluding hydrogens is 260 g/mol. The summed E-state index contributed by atoms with van der Waals surface area (Å²) in [7, 11) is 0. The van der Waals surface area contributed by atoms with Crippen LogP contribution in [-0.4, -0.2) is 23.4 Å². The Bertz CT molecular complexity index is 550. The molecule has 0 spiro atoms. The fourth-order valence-electron chi connectivity index (χ4n) is 4.25. The van der Waals surface area contributed by atoms with E-state index in [0.717, 1.165) is 35.1 Å². The molecule has 2 aliphatic rings. The molecular formula is C17H26N4. The standard InChI is InChI=1S/C17H26N4/c1-11-10-12(2)20-17(15(11)16(18)19)21-9-5-7-13-6-3-4-8-14(13)21/h10,13-14H,3-9H2,1-2H3,(H3,18,19)/t13-,14-/m1/s1. The van der Waals surface area contributed by atoms with Crippen molar-refractivity contribution >= 4 is 11.7 Å². The topological polar surface area (TPSA) is 66.0 Å². The highest BCUT2D eigenvalue weighted by Crippen LogP contribution is 2.38. The van der Waals surface area contributed by atoms with Crippen LogP contribution in [0.4, 0.5) is 5.82 Å². The molecule has 1 saturated carbocycles. The molecule has 1 aromatic heterocycles. The minimum atomic E-state index is 0.146. The lowest BCUT2D eigenvalue weighted by Gasteiger charge is -2.45. The number of anilines is 1. The number of hydrogen-bond acceptors (Lipinski definition) is 3.